The Morgan fingerprint density at radius 3 is 2.86 bits per heavy atom. The Morgan fingerprint density at radius 2 is 2.09 bits per heavy atom. The molecular formula is C15H12ClN3O2S. The summed E-state index contributed by atoms with van der Waals surface area (Å²) in [6.45, 7) is 0. The first-order valence-corrected chi connectivity index (χ1v) is 7.84. The molecule has 1 aromatic heterocycles. The maximum Gasteiger partial charge on any atom is 0.238 e. The highest BCUT2D eigenvalue weighted by Crippen LogP contribution is 2.38. The molecule has 0 saturated carbocycles. The minimum atomic E-state index is -0.462. The molecule has 1 atom stereocenters. The third kappa shape index (κ3) is 3.40. The van der Waals surface area contributed by atoms with E-state index in [9.17, 15) is 9.59 Å². The molecule has 3 rings (SSSR count). The molecule has 2 heterocycles. The van der Waals surface area contributed by atoms with Gasteiger partial charge in [-0.15, -0.1) is 11.8 Å². The number of halogens is 1. The minimum Gasteiger partial charge on any atom is -0.326 e. The fraction of sp³-hybridized carbons (Fsp3) is 0.133. The number of benzene rings is 1. The van der Waals surface area contributed by atoms with E-state index < -0.39 is 5.25 Å². The second-order valence-corrected chi connectivity index (χ2v) is 6.41. The molecule has 0 spiro atoms. The lowest BCUT2D eigenvalue weighted by Gasteiger charge is -2.23. The molecule has 0 fully saturated rings. The number of nitrogens with zero attached hydrogens (tertiary/aromatic N) is 1. The number of nitrogens with one attached hydrogen (secondary N) is 2. The molecule has 0 radical (unpaired) electrons. The molecule has 112 valence electrons. The van der Waals surface area contributed by atoms with Crippen LogP contribution in [0, 0.1) is 0 Å². The van der Waals surface area contributed by atoms with Crippen molar-refractivity contribution in [3.63, 3.8) is 0 Å². The summed E-state index contributed by atoms with van der Waals surface area (Å²) in [6, 6.07) is 8.70. The Labute approximate surface area is 136 Å². The van der Waals surface area contributed by atoms with Crippen LogP contribution in [0.1, 0.15) is 6.42 Å². The highest BCUT2D eigenvalue weighted by Gasteiger charge is 2.29. The largest absolute Gasteiger partial charge is 0.326 e. The van der Waals surface area contributed by atoms with E-state index in [1.54, 1.807) is 36.7 Å². The predicted octanol–water partition coefficient (Wildman–Crippen LogP) is 3.18. The number of carbonyl (C=O) groups excluding carboxylic acids is 2. The van der Waals surface area contributed by atoms with Crippen molar-refractivity contribution in [1.29, 1.82) is 0 Å². The average Bonchev–Trinajstić information content (AvgIpc) is 2.49. The van der Waals surface area contributed by atoms with Gasteiger partial charge in [0.2, 0.25) is 11.8 Å². The van der Waals surface area contributed by atoms with Crippen LogP contribution in [-0.4, -0.2) is 22.0 Å². The number of aromatic nitrogens is 1. The molecule has 0 aliphatic carbocycles. The van der Waals surface area contributed by atoms with Crippen LogP contribution in [0.15, 0.2) is 47.6 Å². The monoisotopic (exact) mass is 333 g/mol. The molecule has 0 bridgehead atoms. The van der Waals surface area contributed by atoms with Gasteiger partial charge in [-0.25, -0.2) is 0 Å². The molecule has 22 heavy (non-hydrogen) atoms. The number of carbonyl (C=O) groups is 2. The highest BCUT2D eigenvalue weighted by molar-refractivity contribution is 8.01. The van der Waals surface area contributed by atoms with Crippen molar-refractivity contribution >= 4 is 46.6 Å². The number of rotatable bonds is 3. The Hall–Kier alpha value is -2.05. The van der Waals surface area contributed by atoms with Gasteiger partial charge in [0.1, 0.15) is 0 Å². The summed E-state index contributed by atoms with van der Waals surface area (Å²) in [4.78, 5) is 28.9. The molecule has 1 aliphatic heterocycles. The zero-order valence-corrected chi connectivity index (χ0v) is 12.9. The maximum atomic E-state index is 12.1. The van der Waals surface area contributed by atoms with Crippen molar-refractivity contribution in [2.75, 3.05) is 10.6 Å². The normalized spacial score (nSPS) is 16.6. The number of anilines is 2. The molecule has 1 aliphatic rings. The van der Waals surface area contributed by atoms with Gasteiger partial charge in [-0.05, 0) is 30.3 Å². The van der Waals surface area contributed by atoms with Crippen LogP contribution in [0.3, 0.4) is 0 Å². The maximum absolute atomic E-state index is 12.1. The van der Waals surface area contributed by atoms with Crippen LogP contribution in [-0.2, 0) is 9.59 Å². The summed E-state index contributed by atoms with van der Waals surface area (Å²) in [7, 11) is 0. The van der Waals surface area contributed by atoms with Crippen molar-refractivity contribution < 1.29 is 9.59 Å². The van der Waals surface area contributed by atoms with E-state index in [0.29, 0.717) is 16.4 Å². The summed E-state index contributed by atoms with van der Waals surface area (Å²) in [6.07, 6.45) is 3.29. The van der Waals surface area contributed by atoms with Gasteiger partial charge >= 0.3 is 0 Å². The van der Waals surface area contributed by atoms with Gasteiger partial charge in [0.05, 0.1) is 10.9 Å². The van der Waals surface area contributed by atoms with Gasteiger partial charge in [-0.3, -0.25) is 14.6 Å². The molecule has 2 amide bonds. The van der Waals surface area contributed by atoms with E-state index in [1.165, 1.54) is 11.8 Å². The zero-order valence-electron chi connectivity index (χ0n) is 11.4. The lowest BCUT2D eigenvalue weighted by molar-refractivity contribution is -0.120. The quantitative estimate of drug-likeness (QED) is 0.905. The van der Waals surface area contributed by atoms with E-state index in [1.807, 2.05) is 6.07 Å². The Morgan fingerprint density at radius 1 is 1.32 bits per heavy atom. The second-order valence-electron chi connectivity index (χ2n) is 4.72. The Kier molecular flexibility index (Phi) is 4.31. The van der Waals surface area contributed by atoms with Gasteiger partial charge in [-0.1, -0.05) is 11.6 Å². The summed E-state index contributed by atoms with van der Waals surface area (Å²) in [5.41, 5.74) is 1.35. The standard InChI is InChI=1S/C15H12ClN3O2S/c16-9-1-2-12-11(7-9)19-15(21)13(22-12)8-14(20)18-10-3-5-17-6-4-10/h1-7,13H,8H2,(H,19,21)(H,17,18,20)/t13-/m1/s1. The SMILES string of the molecule is O=C(C[C@H]1Sc2ccc(Cl)cc2NC1=O)Nc1ccncc1. The van der Waals surface area contributed by atoms with Crippen molar-refractivity contribution in [1.82, 2.24) is 4.98 Å². The van der Waals surface area contributed by atoms with Crippen LogP contribution < -0.4 is 10.6 Å². The molecule has 7 heteroatoms. The minimum absolute atomic E-state index is 0.0981. The highest BCUT2D eigenvalue weighted by atomic mass is 35.5. The van der Waals surface area contributed by atoms with Crippen LogP contribution in [0.4, 0.5) is 11.4 Å². The molecule has 5 nitrogen and oxygen atoms in total. The number of hydrogen-bond donors (Lipinski definition) is 2. The second kappa shape index (κ2) is 6.37. The van der Waals surface area contributed by atoms with Crippen molar-refractivity contribution in [2.24, 2.45) is 0 Å². The lowest BCUT2D eigenvalue weighted by Crippen LogP contribution is -2.32. The molecule has 2 aromatic rings. The van der Waals surface area contributed by atoms with Gasteiger partial charge in [0.15, 0.2) is 0 Å². The molecule has 1 aromatic carbocycles. The number of thioether (sulfide) groups is 1. The fourth-order valence-corrected chi connectivity index (χ4v) is 3.34. The van der Waals surface area contributed by atoms with E-state index in [0.717, 1.165) is 4.90 Å². The van der Waals surface area contributed by atoms with E-state index in [-0.39, 0.29) is 18.2 Å². The third-order valence-electron chi connectivity index (χ3n) is 3.10. The topological polar surface area (TPSA) is 71.1 Å². The van der Waals surface area contributed by atoms with Crippen molar-refractivity contribution in [3.8, 4) is 0 Å². The van der Waals surface area contributed by atoms with Gasteiger partial charge in [0, 0.05) is 34.4 Å². The van der Waals surface area contributed by atoms with Crippen LogP contribution in [0.5, 0.6) is 0 Å². The molecule has 0 unspecified atom stereocenters. The lowest BCUT2D eigenvalue weighted by atomic mass is 10.2. The first kappa shape index (κ1) is 14.9. The first-order chi connectivity index (χ1) is 10.6. The summed E-state index contributed by atoms with van der Waals surface area (Å²) in [5.74, 6) is -0.402. The van der Waals surface area contributed by atoms with Gasteiger partial charge in [0.25, 0.3) is 0 Å². The van der Waals surface area contributed by atoms with Gasteiger partial charge < -0.3 is 10.6 Å². The number of pyridine rings is 1. The smallest absolute Gasteiger partial charge is 0.238 e. The Bertz CT molecular complexity index is 724. The van der Waals surface area contributed by atoms with E-state index >= 15 is 0 Å². The van der Waals surface area contributed by atoms with Crippen LogP contribution >= 0.6 is 23.4 Å². The van der Waals surface area contributed by atoms with Crippen molar-refractivity contribution in [2.45, 2.75) is 16.6 Å². The number of fused-ring (bicyclic) bond motifs is 1. The van der Waals surface area contributed by atoms with Gasteiger partial charge in [-0.2, -0.15) is 0 Å². The number of amides is 2. The van der Waals surface area contributed by atoms with Crippen molar-refractivity contribution in [3.05, 3.63) is 47.7 Å². The van der Waals surface area contributed by atoms with Crippen LogP contribution in [0.2, 0.25) is 5.02 Å². The fourth-order valence-electron chi connectivity index (χ4n) is 2.07. The summed E-state index contributed by atoms with van der Waals surface area (Å²) < 4.78 is 0. The summed E-state index contributed by atoms with van der Waals surface area (Å²) in [5, 5.41) is 5.64. The number of hydrogen-bond acceptors (Lipinski definition) is 4. The van der Waals surface area contributed by atoms with E-state index in [4.69, 9.17) is 11.6 Å². The Balaban J connectivity index is 1.67. The zero-order chi connectivity index (χ0) is 15.5. The first-order valence-electron chi connectivity index (χ1n) is 6.59. The molecular weight excluding hydrogens is 322 g/mol. The summed E-state index contributed by atoms with van der Waals surface area (Å²) >= 11 is 7.27. The van der Waals surface area contributed by atoms with E-state index in [2.05, 4.69) is 15.6 Å². The average molecular weight is 334 g/mol. The molecule has 2 N–H and O–H groups in total. The van der Waals surface area contributed by atoms with Crippen LogP contribution in [0.25, 0.3) is 0 Å². The molecule has 0 saturated heterocycles. The predicted molar refractivity (Wildman–Crippen MR) is 87.2 cm³/mol. The third-order valence-corrected chi connectivity index (χ3v) is 4.61.